The van der Waals surface area contributed by atoms with Crippen LogP contribution in [-0.2, 0) is 19.7 Å². The number of ether oxygens (including phenoxy) is 1. The fourth-order valence-electron chi connectivity index (χ4n) is 2.26. The van der Waals surface area contributed by atoms with Crippen molar-refractivity contribution in [3.63, 3.8) is 0 Å². The van der Waals surface area contributed by atoms with Crippen LogP contribution in [0.15, 0.2) is 59.4 Å². The van der Waals surface area contributed by atoms with E-state index in [-0.39, 0.29) is 0 Å². The van der Waals surface area contributed by atoms with E-state index in [1.54, 1.807) is 6.20 Å². The van der Waals surface area contributed by atoms with E-state index in [1.165, 1.54) is 0 Å². The lowest BCUT2D eigenvalue weighted by molar-refractivity contribution is 0.301. The molecule has 0 amide bonds. The molecule has 5 nitrogen and oxygen atoms in total. The van der Waals surface area contributed by atoms with E-state index in [0.29, 0.717) is 19.7 Å². The third-order valence-electron chi connectivity index (χ3n) is 3.39. The molecular formula is C18H19N3O2. The van der Waals surface area contributed by atoms with Crippen LogP contribution < -0.4 is 10.1 Å². The Bertz CT molecular complexity index is 741. The zero-order chi connectivity index (χ0) is 15.9. The van der Waals surface area contributed by atoms with Crippen molar-refractivity contribution < 1.29 is 9.26 Å². The molecule has 5 heteroatoms. The number of rotatable bonds is 7. The predicted octanol–water partition coefficient (Wildman–Crippen LogP) is 3.25. The summed E-state index contributed by atoms with van der Waals surface area (Å²) in [6, 6.07) is 13.9. The van der Waals surface area contributed by atoms with Gasteiger partial charge in [-0.3, -0.25) is 4.98 Å². The number of para-hydroxylation sites is 1. The van der Waals surface area contributed by atoms with Crippen LogP contribution in [0, 0.1) is 6.92 Å². The van der Waals surface area contributed by atoms with Gasteiger partial charge in [0.2, 0.25) is 0 Å². The second kappa shape index (κ2) is 7.56. The Balaban J connectivity index is 1.57. The van der Waals surface area contributed by atoms with Crippen molar-refractivity contribution in [1.82, 2.24) is 15.5 Å². The summed E-state index contributed by atoms with van der Waals surface area (Å²) in [6.07, 6.45) is 3.57. The van der Waals surface area contributed by atoms with Gasteiger partial charge in [0, 0.05) is 42.7 Å². The number of benzene rings is 1. The molecule has 0 spiro atoms. The largest absolute Gasteiger partial charge is 0.489 e. The summed E-state index contributed by atoms with van der Waals surface area (Å²) in [5.41, 5.74) is 3.06. The summed E-state index contributed by atoms with van der Waals surface area (Å²) in [6.45, 7) is 3.76. The number of pyridine rings is 1. The van der Waals surface area contributed by atoms with Crippen molar-refractivity contribution in [2.75, 3.05) is 0 Å². The van der Waals surface area contributed by atoms with Gasteiger partial charge in [0.1, 0.15) is 18.1 Å². The molecule has 3 aromatic rings. The van der Waals surface area contributed by atoms with Crippen molar-refractivity contribution >= 4 is 0 Å². The first-order valence-corrected chi connectivity index (χ1v) is 7.54. The highest BCUT2D eigenvalue weighted by atomic mass is 16.5. The van der Waals surface area contributed by atoms with E-state index in [1.807, 2.05) is 49.5 Å². The van der Waals surface area contributed by atoms with Gasteiger partial charge in [0.05, 0.1) is 5.69 Å². The lowest BCUT2D eigenvalue weighted by Gasteiger charge is -2.11. The third-order valence-corrected chi connectivity index (χ3v) is 3.39. The number of nitrogens with one attached hydrogen (secondary N) is 1. The fraction of sp³-hybridized carbons (Fsp3) is 0.222. The van der Waals surface area contributed by atoms with Crippen LogP contribution in [0.3, 0.4) is 0 Å². The van der Waals surface area contributed by atoms with Gasteiger partial charge in [-0.05, 0) is 19.1 Å². The lowest BCUT2D eigenvalue weighted by atomic mass is 10.2. The Morgan fingerprint density at radius 3 is 2.83 bits per heavy atom. The van der Waals surface area contributed by atoms with Gasteiger partial charge < -0.3 is 14.6 Å². The predicted molar refractivity (Wildman–Crippen MR) is 86.8 cm³/mol. The van der Waals surface area contributed by atoms with Crippen molar-refractivity contribution in [1.29, 1.82) is 0 Å². The van der Waals surface area contributed by atoms with E-state index in [2.05, 4.69) is 21.5 Å². The summed E-state index contributed by atoms with van der Waals surface area (Å²) in [5.74, 6) is 1.70. The van der Waals surface area contributed by atoms with E-state index in [9.17, 15) is 0 Å². The highest BCUT2D eigenvalue weighted by molar-refractivity contribution is 5.33. The van der Waals surface area contributed by atoms with Crippen molar-refractivity contribution in [2.45, 2.75) is 26.6 Å². The molecule has 0 saturated heterocycles. The summed E-state index contributed by atoms with van der Waals surface area (Å²) < 4.78 is 11.0. The van der Waals surface area contributed by atoms with Crippen LogP contribution in [0.2, 0.25) is 0 Å². The first-order chi connectivity index (χ1) is 11.3. The minimum absolute atomic E-state index is 0.507. The highest BCUT2D eigenvalue weighted by Crippen LogP contribution is 2.19. The maximum Gasteiger partial charge on any atom is 0.133 e. The van der Waals surface area contributed by atoms with Crippen LogP contribution >= 0.6 is 0 Å². The van der Waals surface area contributed by atoms with E-state index in [0.717, 1.165) is 28.3 Å². The second-order valence-electron chi connectivity index (χ2n) is 5.29. The molecule has 0 unspecified atom stereocenters. The standard InChI is InChI=1S/C18H19N3O2/c1-14-9-17(21-23-14)12-20-11-16-6-2-3-7-18(16)22-13-15-5-4-8-19-10-15/h2-10,20H,11-13H2,1H3. The molecule has 0 fully saturated rings. The molecule has 2 heterocycles. The molecule has 0 saturated carbocycles. The Morgan fingerprint density at radius 1 is 1.13 bits per heavy atom. The molecule has 3 rings (SSSR count). The van der Waals surface area contributed by atoms with Gasteiger partial charge in [-0.15, -0.1) is 0 Å². The Labute approximate surface area is 135 Å². The van der Waals surface area contributed by atoms with Gasteiger partial charge in [-0.1, -0.05) is 29.4 Å². The summed E-state index contributed by atoms with van der Waals surface area (Å²) >= 11 is 0. The quantitative estimate of drug-likeness (QED) is 0.726. The zero-order valence-electron chi connectivity index (χ0n) is 13.0. The molecule has 0 aliphatic rings. The molecule has 118 valence electrons. The minimum atomic E-state index is 0.507. The van der Waals surface area contributed by atoms with Gasteiger partial charge in [0.25, 0.3) is 0 Å². The van der Waals surface area contributed by atoms with Crippen molar-refractivity contribution in [2.24, 2.45) is 0 Å². The van der Waals surface area contributed by atoms with Gasteiger partial charge in [0.15, 0.2) is 0 Å². The van der Waals surface area contributed by atoms with Gasteiger partial charge in [-0.25, -0.2) is 0 Å². The molecule has 0 aliphatic heterocycles. The van der Waals surface area contributed by atoms with Gasteiger partial charge >= 0.3 is 0 Å². The lowest BCUT2D eigenvalue weighted by Crippen LogP contribution is -2.13. The number of aromatic nitrogens is 2. The molecule has 0 bridgehead atoms. The topological polar surface area (TPSA) is 60.2 Å². The highest BCUT2D eigenvalue weighted by Gasteiger charge is 2.05. The monoisotopic (exact) mass is 309 g/mol. The van der Waals surface area contributed by atoms with Crippen LogP contribution in [-0.4, -0.2) is 10.1 Å². The normalized spacial score (nSPS) is 10.7. The Morgan fingerprint density at radius 2 is 2.04 bits per heavy atom. The van der Waals surface area contributed by atoms with Crippen LogP contribution in [0.1, 0.15) is 22.6 Å². The molecule has 0 aliphatic carbocycles. The summed E-state index contributed by atoms with van der Waals surface area (Å²) in [4.78, 5) is 4.10. The maximum absolute atomic E-state index is 5.92. The van der Waals surface area contributed by atoms with Crippen molar-refractivity contribution in [3.8, 4) is 5.75 Å². The van der Waals surface area contributed by atoms with Crippen LogP contribution in [0.4, 0.5) is 0 Å². The fourth-order valence-corrected chi connectivity index (χ4v) is 2.26. The Kier molecular flexibility index (Phi) is 5.01. The Hall–Kier alpha value is -2.66. The SMILES string of the molecule is Cc1cc(CNCc2ccccc2OCc2cccnc2)no1. The van der Waals surface area contributed by atoms with Crippen molar-refractivity contribution in [3.05, 3.63) is 77.4 Å². The number of hydrogen-bond acceptors (Lipinski definition) is 5. The summed E-state index contributed by atoms with van der Waals surface area (Å²) in [7, 11) is 0. The second-order valence-corrected chi connectivity index (χ2v) is 5.29. The first-order valence-electron chi connectivity index (χ1n) is 7.54. The maximum atomic E-state index is 5.92. The third kappa shape index (κ3) is 4.40. The number of nitrogens with zero attached hydrogens (tertiary/aromatic N) is 2. The molecule has 1 N–H and O–H groups in total. The van der Waals surface area contributed by atoms with Crippen LogP contribution in [0.5, 0.6) is 5.75 Å². The van der Waals surface area contributed by atoms with Crippen LogP contribution in [0.25, 0.3) is 0 Å². The average Bonchev–Trinajstić information content (AvgIpc) is 3.00. The first kappa shape index (κ1) is 15.2. The number of aryl methyl sites for hydroxylation is 1. The average molecular weight is 309 g/mol. The van der Waals surface area contributed by atoms with E-state index >= 15 is 0 Å². The minimum Gasteiger partial charge on any atom is -0.489 e. The molecule has 2 aromatic heterocycles. The molecular weight excluding hydrogens is 290 g/mol. The molecule has 23 heavy (non-hydrogen) atoms. The molecule has 1 aromatic carbocycles. The molecule has 0 atom stereocenters. The zero-order valence-corrected chi connectivity index (χ0v) is 13.0. The van der Waals surface area contributed by atoms with E-state index < -0.39 is 0 Å². The molecule has 0 radical (unpaired) electrons. The summed E-state index contributed by atoms with van der Waals surface area (Å²) in [5, 5.41) is 7.32. The van der Waals surface area contributed by atoms with Gasteiger partial charge in [-0.2, -0.15) is 0 Å². The van der Waals surface area contributed by atoms with E-state index in [4.69, 9.17) is 9.26 Å². The smallest absolute Gasteiger partial charge is 0.133 e. The number of hydrogen-bond donors (Lipinski definition) is 1.